The topological polar surface area (TPSA) is 47.5 Å². The Balaban J connectivity index is 1.49. The largest absolute Gasteiger partial charge is 0.494 e. The van der Waals surface area contributed by atoms with E-state index in [1.165, 1.54) is 29.7 Å². The summed E-state index contributed by atoms with van der Waals surface area (Å²) in [6.07, 6.45) is 5.54. The van der Waals surface area contributed by atoms with E-state index in [1.807, 2.05) is 32.2 Å². The Morgan fingerprint density at radius 2 is 2.00 bits per heavy atom. The molecule has 5 heteroatoms. The van der Waals surface area contributed by atoms with Crippen molar-refractivity contribution < 1.29 is 9.47 Å². The maximum Gasteiger partial charge on any atom is 0.131 e. The smallest absolute Gasteiger partial charge is 0.131 e. The lowest BCUT2D eigenvalue weighted by Crippen LogP contribution is -2.31. The molecule has 0 bridgehead atoms. The zero-order chi connectivity index (χ0) is 17.9. The Morgan fingerprint density at radius 1 is 1.15 bits per heavy atom. The van der Waals surface area contributed by atoms with Gasteiger partial charge < -0.3 is 9.47 Å². The van der Waals surface area contributed by atoms with Gasteiger partial charge in [0.2, 0.25) is 0 Å². The summed E-state index contributed by atoms with van der Waals surface area (Å²) in [7, 11) is 0. The minimum atomic E-state index is 0.619. The van der Waals surface area contributed by atoms with Crippen molar-refractivity contribution in [1.82, 2.24) is 14.9 Å². The minimum Gasteiger partial charge on any atom is -0.494 e. The van der Waals surface area contributed by atoms with Crippen LogP contribution in [-0.2, 0) is 19.5 Å². The Labute approximate surface area is 155 Å². The molecular formula is C21H27N3O2. The van der Waals surface area contributed by atoms with Crippen molar-refractivity contribution in [1.29, 1.82) is 0 Å². The highest BCUT2D eigenvalue weighted by atomic mass is 16.5. The van der Waals surface area contributed by atoms with E-state index in [-0.39, 0.29) is 0 Å². The van der Waals surface area contributed by atoms with Gasteiger partial charge in [0.05, 0.1) is 13.2 Å². The molecule has 1 fully saturated rings. The molecule has 1 aliphatic heterocycles. The quantitative estimate of drug-likeness (QED) is 0.759. The maximum absolute atomic E-state index is 5.82. The average Bonchev–Trinajstić information content (AvgIpc) is 3.49. The Kier molecular flexibility index (Phi) is 5.07. The van der Waals surface area contributed by atoms with Crippen molar-refractivity contribution >= 4 is 0 Å². The lowest BCUT2D eigenvalue weighted by atomic mass is 10.1. The van der Waals surface area contributed by atoms with E-state index in [4.69, 9.17) is 14.5 Å². The summed E-state index contributed by atoms with van der Waals surface area (Å²) >= 11 is 0. The van der Waals surface area contributed by atoms with E-state index in [0.717, 1.165) is 43.4 Å². The van der Waals surface area contributed by atoms with Crippen LogP contribution in [0.3, 0.4) is 0 Å². The lowest BCUT2D eigenvalue weighted by Gasteiger charge is -2.28. The molecular weight excluding hydrogens is 326 g/mol. The van der Waals surface area contributed by atoms with Gasteiger partial charge in [0.25, 0.3) is 0 Å². The second kappa shape index (κ2) is 7.62. The van der Waals surface area contributed by atoms with Crippen LogP contribution in [-0.4, -0.2) is 34.6 Å². The van der Waals surface area contributed by atoms with Crippen LogP contribution in [0, 0.1) is 0 Å². The molecule has 5 nitrogen and oxygen atoms in total. The molecule has 1 aliphatic carbocycles. The summed E-state index contributed by atoms with van der Waals surface area (Å²) in [5.41, 5.74) is 3.68. The number of benzene rings is 1. The number of fused-ring (bicyclic) bond motifs is 1. The minimum absolute atomic E-state index is 0.619. The Bertz CT molecular complexity index is 774. The summed E-state index contributed by atoms with van der Waals surface area (Å²) < 4.78 is 11.5. The van der Waals surface area contributed by atoms with Gasteiger partial charge in [-0.1, -0.05) is 0 Å². The second-order valence-corrected chi connectivity index (χ2v) is 7.07. The number of aromatic nitrogens is 2. The molecule has 1 saturated carbocycles. The highest BCUT2D eigenvalue weighted by Gasteiger charge is 2.28. The van der Waals surface area contributed by atoms with Gasteiger partial charge >= 0.3 is 0 Å². The third kappa shape index (κ3) is 3.83. The highest BCUT2D eigenvalue weighted by molar-refractivity contribution is 5.40. The Hall–Kier alpha value is -2.14. The van der Waals surface area contributed by atoms with Crippen LogP contribution in [0.1, 0.15) is 55.3 Å². The van der Waals surface area contributed by atoms with Gasteiger partial charge in [-0.15, -0.1) is 0 Å². The fourth-order valence-corrected chi connectivity index (χ4v) is 3.54. The summed E-state index contributed by atoms with van der Waals surface area (Å²) in [5, 5.41) is 0. The van der Waals surface area contributed by atoms with Crippen LogP contribution in [0.15, 0.2) is 24.4 Å². The zero-order valence-electron chi connectivity index (χ0n) is 15.7. The molecule has 2 heterocycles. The van der Waals surface area contributed by atoms with Crippen molar-refractivity contribution in [3.8, 4) is 11.5 Å². The fourth-order valence-electron chi connectivity index (χ4n) is 3.54. The first-order chi connectivity index (χ1) is 12.8. The first-order valence-electron chi connectivity index (χ1n) is 9.72. The average molecular weight is 353 g/mol. The van der Waals surface area contributed by atoms with Gasteiger partial charge in [-0.3, -0.25) is 4.90 Å². The summed E-state index contributed by atoms with van der Waals surface area (Å²) in [5.74, 6) is 3.52. The summed E-state index contributed by atoms with van der Waals surface area (Å²) in [6, 6.07) is 6.11. The molecule has 2 aliphatic rings. The molecule has 1 aromatic heterocycles. The molecule has 26 heavy (non-hydrogen) atoms. The Morgan fingerprint density at radius 3 is 2.77 bits per heavy atom. The van der Waals surface area contributed by atoms with Crippen molar-refractivity contribution in [2.24, 2.45) is 0 Å². The van der Waals surface area contributed by atoms with Gasteiger partial charge in [-0.2, -0.15) is 0 Å². The van der Waals surface area contributed by atoms with Gasteiger partial charge in [0.15, 0.2) is 0 Å². The molecule has 138 valence electrons. The SMILES string of the molecule is CCOc1ccc(OCC)c(CN2CCc3nc(C4CC4)ncc3C2)c1. The lowest BCUT2D eigenvalue weighted by molar-refractivity contribution is 0.235. The monoisotopic (exact) mass is 353 g/mol. The molecule has 0 radical (unpaired) electrons. The van der Waals surface area contributed by atoms with Gasteiger partial charge in [0, 0.05) is 55.0 Å². The number of hydrogen-bond acceptors (Lipinski definition) is 5. The molecule has 0 amide bonds. The van der Waals surface area contributed by atoms with Gasteiger partial charge in [-0.25, -0.2) is 9.97 Å². The van der Waals surface area contributed by atoms with Gasteiger partial charge in [-0.05, 0) is 44.9 Å². The van der Waals surface area contributed by atoms with Crippen molar-refractivity contribution in [2.45, 2.75) is 52.1 Å². The second-order valence-electron chi connectivity index (χ2n) is 7.07. The van der Waals surface area contributed by atoms with Crippen LogP contribution in [0.2, 0.25) is 0 Å². The first-order valence-corrected chi connectivity index (χ1v) is 9.72. The molecule has 1 aromatic carbocycles. The summed E-state index contributed by atoms with van der Waals surface area (Å²) in [4.78, 5) is 11.9. The maximum atomic E-state index is 5.82. The van der Waals surface area contributed by atoms with Crippen molar-refractivity contribution in [3.05, 3.63) is 47.0 Å². The molecule has 0 saturated heterocycles. The normalized spacial score (nSPS) is 17.0. The van der Waals surface area contributed by atoms with Gasteiger partial charge in [0.1, 0.15) is 17.3 Å². The van der Waals surface area contributed by atoms with E-state index in [9.17, 15) is 0 Å². The predicted molar refractivity (Wildman–Crippen MR) is 101 cm³/mol. The van der Waals surface area contributed by atoms with E-state index < -0.39 is 0 Å². The molecule has 2 aromatic rings. The van der Waals surface area contributed by atoms with Crippen molar-refractivity contribution in [2.75, 3.05) is 19.8 Å². The number of hydrogen-bond donors (Lipinski definition) is 0. The molecule has 0 N–H and O–H groups in total. The fraction of sp³-hybridized carbons (Fsp3) is 0.524. The summed E-state index contributed by atoms with van der Waals surface area (Å²) in [6.45, 7) is 8.12. The van der Waals surface area contributed by atoms with Crippen LogP contribution >= 0.6 is 0 Å². The van der Waals surface area contributed by atoms with Crippen molar-refractivity contribution in [3.63, 3.8) is 0 Å². The van der Waals surface area contributed by atoms with E-state index in [1.54, 1.807) is 0 Å². The zero-order valence-corrected chi connectivity index (χ0v) is 15.7. The number of nitrogens with zero attached hydrogens (tertiary/aromatic N) is 3. The predicted octanol–water partition coefficient (Wildman–Crippen LogP) is 3.71. The van der Waals surface area contributed by atoms with Crippen LogP contribution in [0.4, 0.5) is 0 Å². The van der Waals surface area contributed by atoms with E-state index >= 15 is 0 Å². The highest BCUT2D eigenvalue weighted by Crippen LogP contribution is 2.38. The van der Waals surface area contributed by atoms with Crippen LogP contribution in [0.25, 0.3) is 0 Å². The third-order valence-corrected chi connectivity index (χ3v) is 5.01. The molecule has 0 atom stereocenters. The molecule has 0 unspecified atom stereocenters. The standard InChI is InChI=1S/C21H27N3O2/c1-3-25-18-7-8-20(26-4-2)16(11-18)13-24-10-9-19-17(14-24)12-22-21(23-19)15-5-6-15/h7-8,11-12,15H,3-6,9-10,13-14H2,1-2H3. The molecule has 0 spiro atoms. The number of rotatable bonds is 7. The van der Waals surface area contributed by atoms with E-state index in [2.05, 4.69) is 16.0 Å². The molecule has 4 rings (SSSR count). The van der Waals surface area contributed by atoms with Crippen LogP contribution < -0.4 is 9.47 Å². The first kappa shape index (κ1) is 17.3. The van der Waals surface area contributed by atoms with Crippen LogP contribution in [0.5, 0.6) is 11.5 Å². The third-order valence-electron chi connectivity index (χ3n) is 5.01. The number of ether oxygens (including phenoxy) is 2. The van der Waals surface area contributed by atoms with E-state index in [0.29, 0.717) is 19.1 Å².